The zero-order valence-electron chi connectivity index (χ0n) is 9.98. The molecule has 1 aromatic carbocycles. The first-order valence-electron chi connectivity index (χ1n) is 4.27. The van der Waals surface area contributed by atoms with E-state index in [9.17, 15) is 13.0 Å². The van der Waals surface area contributed by atoms with Gasteiger partial charge in [0.05, 0.1) is 24.9 Å². The van der Waals surface area contributed by atoms with Crippen LogP contribution < -0.4 is 49.3 Å². The van der Waals surface area contributed by atoms with Gasteiger partial charge < -0.3 is 19.5 Å². The van der Waals surface area contributed by atoms with Crippen LogP contribution in [0.3, 0.4) is 0 Å². The minimum atomic E-state index is -4.62. The largest absolute Gasteiger partial charge is 1.00 e. The molecule has 18 heavy (non-hydrogen) atoms. The maximum Gasteiger partial charge on any atom is 1.00 e. The normalized spacial score (nSPS) is 10.4. The van der Waals surface area contributed by atoms with Gasteiger partial charge in [0, 0.05) is 12.1 Å². The van der Waals surface area contributed by atoms with Gasteiger partial charge in [-0.25, -0.2) is 8.42 Å². The number of benzene rings is 1. The molecule has 0 radical (unpaired) electrons. The number of hydrogen-bond acceptors (Lipinski definition) is 6. The molecule has 0 saturated heterocycles. The fourth-order valence-electron chi connectivity index (χ4n) is 1.07. The van der Waals surface area contributed by atoms with Gasteiger partial charge in [-0.05, 0) is 0 Å². The van der Waals surface area contributed by atoms with Gasteiger partial charge in [-0.3, -0.25) is 0 Å². The Kier molecular flexibility index (Phi) is 7.30. The summed E-state index contributed by atoms with van der Waals surface area (Å²) in [6.07, 6.45) is 0. The number of methoxy groups -OCH3 is 2. The quantitative estimate of drug-likeness (QED) is 0.362. The van der Waals surface area contributed by atoms with Gasteiger partial charge in [0.1, 0.15) is 0 Å². The Morgan fingerprint density at radius 2 is 1.72 bits per heavy atom. The molecule has 0 aromatic heterocycles. The van der Waals surface area contributed by atoms with Crippen molar-refractivity contribution in [3.8, 4) is 11.5 Å². The molecule has 0 aliphatic heterocycles. The monoisotopic (exact) mass is 304 g/mol. The van der Waals surface area contributed by atoms with E-state index in [2.05, 4.69) is 5.43 Å². The second-order valence-corrected chi connectivity index (χ2v) is 4.39. The second kappa shape index (κ2) is 7.39. The second-order valence-electron chi connectivity index (χ2n) is 2.87. The molecular weight excluding hydrogens is 295 g/mol. The number of ether oxygens (including phenoxy) is 2. The summed E-state index contributed by atoms with van der Waals surface area (Å²) in [6, 6.07) is 2.81. The van der Waals surface area contributed by atoms with Crippen molar-refractivity contribution in [1.29, 1.82) is 0 Å². The summed E-state index contributed by atoms with van der Waals surface area (Å²) in [4.78, 5) is 1.55. The topological polar surface area (TPSA) is 99.7 Å². The molecular formula is C8H10ClN2NaO5S. The van der Waals surface area contributed by atoms with Gasteiger partial charge >= 0.3 is 29.6 Å². The van der Waals surface area contributed by atoms with E-state index < -0.39 is 10.3 Å². The van der Waals surface area contributed by atoms with Gasteiger partial charge in [-0.15, -0.1) is 4.83 Å². The minimum Gasteiger partial charge on any atom is -0.734 e. The van der Waals surface area contributed by atoms with Crippen LogP contribution in [0.15, 0.2) is 12.1 Å². The van der Waals surface area contributed by atoms with Crippen LogP contribution in [0, 0.1) is 0 Å². The fraction of sp³-hybridized carbons (Fsp3) is 0.250. The minimum absolute atomic E-state index is 0. The van der Waals surface area contributed by atoms with E-state index in [1.54, 1.807) is 4.83 Å². The summed E-state index contributed by atoms with van der Waals surface area (Å²) in [7, 11) is -1.77. The molecule has 0 atom stereocenters. The number of halogens is 1. The smallest absolute Gasteiger partial charge is 0.734 e. The van der Waals surface area contributed by atoms with Crippen LogP contribution in [-0.2, 0) is 10.3 Å². The van der Waals surface area contributed by atoms with Gasteiger partial charge in [0.15, 0.2) is 21.8 Å². The van der Waals surface area contributed by atoms with Crippen molar-refractivity contribution in [3.63, 3.8) is 0 Å². The maximum atomic E-state index is 10.4. The van der Waals surface area contributed by atoms with Crippen molar-refractivity contribution in [1.82, 2.24) is 4.83 Å². The Balaban J connectivity index is 0.00000289. The summed E-state index contributed by atoms with van der Waals surface area (Å²) in [5.74, 6) is 0.720. The average molecular weight is 305 g/mol. The summed E-state index contributed by atoms with van der Waals surface area (Å²) in [5.41, 5.74) is 2.33. The standard InChI is InChI=1S/C8H11ClN2O5S.Na/c1-15-7-3-5(9)6(4-8(7)16-2)10-11-17(12,13)14;/h3-4,10-11H,1-2H3,(H,12,13,14);/q;+1/p-1. The maximum absolute atomic E-state index is 10.4. The molecule has 1 aromatic rings. The van der Waals surface area contributed by atoms with Crippen molar-refractivity contribution >= 4 is 27.6 Å². The third-order valence-electron chi connectivity index (χ3n) is 1.78. The van der Waals surface area contributed by atoms with Crippen molar-refractivity contribution in [2.24, 2.45) is 0 Å². The summed E-state index contributed by atoms with van der Waals surface area (Å²) < 4.78 is 41.1. The summed E-state index contributed by atoms with van der Waals surface area (Å²) in [6.45, 7) is 0. The molecule has 0 unspecified atom stereocenters. The molecule has 0 heterocycles. The number of anilines is 1. The molecule has 0 fully saturated rings. The molecule has 2 N–H and O–H groups in total. The Hall–Kier alpha value is -0.220. The SMILES string of the molecule is COc1cc(Cl)c(NNS(=O)(=O)[O-])cc1OC.[Na+]. The Bertz CT molecular complexity index is 510. The molecule has 10 heteroatoms. The molecule has 0 saturated carbocycles. The van der Waals surface area contributed by atoms with E-state index in [-0.39, 0.29) is 40.3 Å². The third kappa shape index (κ3) is 5.19. The first kappa shape index (κ1) is 17.8. The predicted molar refractivity (Wildman–Crippen MR) is 61.0 cm³/mol. The van der Waals surface area contributed by atoms with Crippen LogP contribution in [0.1, 0.15) is 0 Å². The van der Waals surface area contributed by atoms with Crippen molar-refractivity contribution in [2.75, 3.05) is 19.6 Å². The van der Waals surface area contributed by atoms with Crippen LogP contribution in [0.25, 0.3) is 0 Å². The molecule has 0 spiro atoms. The molecule has 7 nitrogen and oxygen atoms in total. The zero-order valence-corrected chi connectivity index (χ0v) is 13.6. The Morgan fingerprint density at radius 1 is 1.22 bits per heavy atom. The zero-order chi connectivity index (χ0) is 13.1. The molecule has 0 amide bonds. The fourth-order valence-corrected chi connectivity index (χ4v) is 1.50. The van der Waals surface area contributed by atoms with Crippen molar-refractivity contribution in [3.05, 3.63) is 17.2 Å². The van der Waals surface area contributed by atoms with Crippen molar-refractivity contribution < 1.29 is 52.0 Å². The van der Waals surface area contributed by atoms with E-state index in [0.717, 1.165) is 0 Å². The summed E-state index contributed by atoms with van der Waals surface area (Å²) in [5, 5.41) is 0.166. The van der Waals surface area contributed by atoms with Crippen molar-refractivity contribution in [2.45, 2.75) is 0 Å². The van der Waals surface area contributed by atoms with Gasteiger partial charge in [0.25, 0.3) is 0 Å². The summed E-state index contributed by atoms with van der Waals surface area (Å²) >= 11 is 5.83. The van der Waals surface area contributed by atoms with E-state index in [1.807, 2.05) is 0 Å². The Morgan fingerprint density at radius 3 is 2.17 bits per heavy atom. The first-order valence-corrected chi connectivity index (χ1v) is 6.06. The first-order chi connectivity index (χ1) is 7.87. The van der Waals surface area contributed by atoms with Gasteiger partial charge in [-0.2, -0.15) is 0 Å². The molecule has 1 rings (SSSR count). The van der Waals surface area contributed by atoms with E-state index in [4.69, 9.17) is 21.1 Å². The Labute approximate surface area is 132 Å². The molecule has 96 valence electrons. The van der Waals surface area contributed by atoms with Crippen LogP contribution in [-0.4, -0.2) is 27.2 Å². The van der Waals surface area contributed by atoms with E-state index >= 15 is 0 Å². The average Bonchev–Trinajstić information content (AvgIpc) is 2.25. The number of hydrogen-bond donors (Lipinski definition) is 2. The van der Waals surface area contributed by atoms with Crippen LogP contribution >= 0.6 is 11.6 Å². The van der Waals surface area contributed by atoms with Crippen LogP contribution in [0.4, 0.5) is 5.69 Å². The number of rotatable bonds is 5. The molecule has 0 bridgehead atoms. The predicted octanol–water partition coefficient (Wildman–Crippen LogP) is -2.26. The van der Waals surface area contributed by atoms with Gasteiger partial charge in [0.2, 0.25) is 0 Å². The van der Waals surface area contributed by atoms with Crippen LogP contribution in [0.2, 0.25) is 5.02 Å². The molecule has 0 aliphatic carbocycles. The van der Waals surface area contributed by atoms with Gasteiger partial charge in [-0.1, -0.05) is 11.6 Å². The molecule has 0 aliphatic rings. The number of hydrazine groups is 1. The van der Waals surface area contributed by atoms with E-state index in [0.29, 0.717) is 11.5 Å². The van der Waals surface area contributed by atoms with Crippen LogP contribution in [0.5, 0.6) is 11.5 Å². The van der Waals surface area contributed by atoms with E-state index in [1.165, 1.54) is 26.4 Å². The number of nitrogens with one attached hydrogen (secondary N) is 2. The third-order valence-corrected chi connectivity index (χ3v) is 2.45.